The fraction of sp³-hybridized carbons (Fsp3) is 0.385. The highest BCUT2D eigenvalue weighted by molar-refractivity contribution is 5.87. The van der Waals surface area contributed by atoms with E-state index >= 15 is 0 Å². The smallest absolute Gasteiger partial charge is 0.319 e. The van der Waals surface area contributed by atoms with Gasteiger partial charge >= 0.3 is 5.97 Å². The number of nitrogens with one attached hydrogen (secondary N) is 1. The second-order valence-electron chi connectivity index (χ2n) is 9.10. The van der Waals surface area contributed by atoms with Gasteiger partial charge in [0.05, 0.1) is 18.5 Å². The monoisotopic (exact) mass is 496 g/mol. The summed E-state index contributed by atoms with van der Waals surface area (Å²) in [7, 11) is 1.32. The normalized spacial score (nSPS) is 15.2. The number of oxazole rings is 1. The summed E-state index contributed by atoms with van der Waals surface area (Å²) in [5.74, 6) is -0.780. The van der Waals surface area contributed by atoms with Crippen molar-refractivity contribution in [1.29, 1.82) is 0 Å². The summed E-state index contributed by atoms with van der Waals surface area (Å²) < 4.78 is 44.8. The van der Waals surface area contributed by atoms with Crippen molar-refractivity contribution < 1.29 is 27.5 Å². The Morgan fingerprint density at radius 2 is 2.00 bits per heavy atom. The summed E-state index contributed by atoms with van der Waals surface area (Å²) in [6.45, 7) is 5.23. The zero-order valence-electron chi connectivity index (χ0n) is 20.2. The SMILES string of the molecule is CCOC[C@H](C)Cc1nc2ccc(-c3[nH]c(C4(C(=O)OC)CC4)nc3-c3ccc(F)cc3F)nc2o1. The van der Waals surface area contributed by atoms with E-state index in [1.807, 2.05) is 13.8 Å². The van der Waals surface area contributed by atoms with Gasteiger partial charge in [0.1, 0.15) is 34.1 Å². The number of carbonyl (C=O) groups excluding carboxylic acids is 1. The molecule has 36 heavy (non-hydrogen) atoms. The molecule has 3 aromatic heterocycles. The number of hydrogen-bond donors (Lipinski definition) is 1. The second kappa shape index (κ2) is 9.42. The largest absolute Gasteiger partial charge is 0.468 e. The predicted octanol–water partition coefficient (Wildman–Crippen LogP) is 4.98. The number of hydrogen-bond acceptors (Lipinski definition) is 7. The van der Waals surface area contributed by atoms with E-state index in [9.17, 15) is 13.6 Å². The molecule has 3 heterocycles. The number of nitrogens with zero attached hydrogens (tertiary/aromatic N) is 3. The molecular weight excluding hydrogens is 470 g/mol. The number of fused-ring (bicyclic) bond motifs is 1. The van der Waals surface area contributed by atoms with E-state index in [1.54, 1.807) is 12.1 Å². The maximum Gasteiger partial charge on any atom is 0.319 e. The zero-order chi connectivity index (χ0) is 25.4. The molecule has 5 rings (SSSR count). The summed E-state index contributed by atoms with van der Waals surface area (Å²) >= 11 is 0. The number of pyridine rings is 1. The number of imidazole rings is 1. The van der Waals surface area contributed by atoms with Gasteiger partial charge in [-0.1, -0.05) is 6.92 Å². The van der Waals surface area contributed by atoms with Gasteiger partial charge in [0.2, 0.25) is 5.71 Å². The summed E-state index contributed by atoms with van der Waals surface area (Å²) in [6.07, 6.45) is 1.69. The molecule has 4 aromatic rings. The standard InChI is InChI=1S/C26H26F2N4O4/c1-4-35-13-14(2)11-20-29-19-8-7-18(30-23(19)36-20)22-21(16-6-5-15(27)12-17(16)28)31-24(32-22)26(9-10-26)25(33)34-3/h5-8,12,14H,4,9-11,13H2,1-3H3,(H,31,32)/t14-/m1/s1. The number of methoxy groups -OCH3 is 1. The predicted molar refractivity (Wildman–Crippen MR) is 127 cm³/mol. The van der Waals surface area contributed by atoms with Gasteiger partial charge in [0.25, 0.3) is 0 Å². The molecule has 1 aliphatic rings. The van der Waals surface area contributed by atoms with Crippen LogP contribution in [0.15, 0.2) is 34.7 Å². The fourth-order valence-corrected chi connectivity index (χ4v) is 4.28. The van der Waals surface area contributed by atoms with E-state index in [-0.39, 0.29) is 17.2 Å². The van der Waals surface area contributed by atoms with Crippen LogP contribution in [0.3, 0.4) is 0 Å². The molecule has 0 unspecified atom stereocenters. The number of aromatic nitrogens is 4. The Labute approximate surface area is 206 Å². The van der Waals surface area contributed by atoms with E-state index in [1.165, 1.54) is 13.2 Å². The molecule has 0 amide bonds. The van der Waals surface area contributed by atoms with Crippen LogP contribution in [0.4, 0.5) is 8.78 Å². The van der Waals surface area contributed by atoms with Crippen LogP contribution < -0.4 is 0 Å². The molecule has 10 heteroatoms. The highest BCUT2D eigenvalue weighted by atomic mass is 19.1. The first-order valence-corrected chi connectivity index (χ1v) is 11.8. The zero-order valence-corrected chi connectivity index (χ0v) is 20.2. The number of rotatable bonds is 9. The lowest BCUT2D eigenvalue weighted by atomic mass is 10.1. The average Bonchev–Trinajstić information content (AvgIpc) is 3.39. The molecule has 1 atom stereocenters. The van der Waals surface area contributed by atoms with Gasteiger partial charge in [0.15, 0.2) is 5.89 Å². The quantitative estimate of drug-likeness (QED) is 0.326. The van der Waals surface area contributed by atoms with Gasteiger partial charge in [-0.15, -0.1) is 0 Å². The highest BCUT2D eigenvalue weighted by Gasteiger charge is 2.55. The molecule has 1 aliphatic carbocycles. The van der Waals surface area contributed by atoms with Crippen LogP contribution in [0.5, 0.6) is 0 Å². The second-order valence-corrected chi connectivity index (χ2v) is 9.10. The molecular formula is C26H26F2N4O4. The van der Waals surface area contributed by atoms with E-state index in [4.69, 9.17) is 13.9 Å². The first-order chi connectivity index (χ1) is 17.3. The maximum atomic E-state index is 14.8. The summed E-state index contributed by atoms with van der Waals surface area (Å²) in [5, 5.41) is 0. The average molecular weight is 497 g/mol. The Bertz CT molecular complexity index is 1430. The molecule has 1 saturated carbocycles. The van der Waals surface area contributed by atoms with Crippen LogP contribution in [0, 0.1) is 17.6 Å². The number of carbonyl (C=O) groups is 1. The van der Waals surface area contributed by atoms with E-state index in [0.717, 1.165) is 12.1 Å². The molecule has 0 saturated heterocycles. The van der Waals surface area contributed by atoms with Crippen molar-refractivity contribution in [2.24, 2.45) is 5.92 Å². The van der Waals surface area contributed by atoms with Crippen LogP contribution in [0.25, 0.3) is 33.9 Å². The van der Waals surface area contributed by atoms with E-state index in [0.29, 0.717) is 66.8 Å². The minimum absolute atomic E-state index is 0.0828. The number of benzene rings is 1. The minimum Gasteiger partial charge on any atom is -0.468 e. The first kappa shape index (κ1) is 24.1. The molecule has 1 aromatic carbocycles. The lowest BCUT2D eigenvalue weighted by molar-refractivity contribution is -0.143. The van der Waals surface area contributed by atoms with Gasteiger partial charge in [-0.3, -0.25) is 4.79 Å². The van der Waals surface area contributed by atoms with Gasteiger partial charge in [-0.05, 0) is 49.9 Å². The number of esters is 1. The van der Waals surface area contributed by atoms with Crippen molar-refractivity contribution >= 4 is 17.2 Å². The van der Waals surface area contributed by atoms with Crippen molar-refractivity contribution in [2.75, 3.05) is 20.3 Å². The Morgan fingerprint density at radius 3 is 2.69 bits per heavy atom. The van der Waals surface area contributed by atoms with E-state index in [2.05, 4.69) is 19.9 Å². The van der Waals surface area contributed by atoms with Crippen molar-refractivity contribution in [3.8, 4) is 22.6 Å². The van der Waals surface area contributed by atoms with Crippen molar-refractivity contribution in [2.45, 2.75) is 38.5 Å². The molecule has 188 valence electrons. The topological polar surface area (TPSA) is 103 Å². The maximum absolute atomic E-state index is 14.8. The number of H-pyrrole nitrogens is 1. The van der Waals surface area contributed by atoms with Gasteiger partial charge in [-0.25, -0.2) is 23.7 Å². The van der Waals surface area contributed by atoms with E-state index < -0.39 is 23.0 Å². The molecule has 8 nitrogen and oxygen atoms in total. The number of aromatic amines is 1. The van der Waals surface area contributed by atoms with Crippen molar-refractivity contribution in [1.82, 2.24) is 19.9 Å². The highest BCUT2D eigenvalue weighted by Crippen LogP contribution is 2.49. The van der Waals surface area contributed by atoms with Crippen LogP contribution in [-0.2, 0) is 26.1 Å². The van der Waals surface area contributed by atoms with Crippen molar-refractivity contribution in [3.05, 3.63) is 53.7 Å². The molecule has 0 bridgehead atoms. The third-order valence-electron chi connectivity index (χ3n) is 6.36. The molecule has 1 fully saturated rings. The Morgan fingerprint density at radius 1 is 1.19 bits per heavy atom. The molecule has 0 radical (unpaired) electrons. The Kier molecular flexibility index (Phi) is 6.29. The summed E-state index contributed by atoms with van der Waals surface area (Å²) in [4.78, 5) is 29.4. The summed E-state index contributed by atoms with van der Waals surface area (Å²) in [6, 6.07) is 6.75. The van der Waals surface area contributed by atoms with Crippen LogP contribution >= 0.6 is 0 Å². The van der Waals surface area contributed by atoms with Crippen molar-refractivity contribution in [3.63, 3.8) is 0 Å². The lowest BCUT2D eigenvalue weighted by Crippen LogP contribution is -2.23. The lowest BCUT2D eigenvalue weighted by Gasteiger charge is -2.08. The number of halogens is 2. The molecule has 0 aliphatic heterocycles. The van der Waals surface area contributed by atoms with Crippen LogP contribution in [0.1, 0.15) is 38.4 Å². The van der Waals surface area contributed by atoms with Crippen LogP contribution in [0.2, 0.25) is 0 Å². The summed E-state index contributed by atoms with van der Waals surface area (Å²) in [5.41, 5.74) is 1.09. The molecule has 1 N–H and O–H groups in total. The van der Waals surface area contributed by atoms with Gasteiger partial charge < -0.3 is 18.9 Å². The first-order valence-electron chi connectivity index (χ1n) is 11.8. The minimum atomic E-state index is -0.918. The Hall–Kier alpha value is -3.66. The third-order valence-corrected chi connectivity index (χ3v) is 6.36. The van der Waals surface area contributed by atoms with Gasteiger partial charge in [-0.2, -0.15) is 0 Å². The van der Waals surface area contributed by atoms with Gasteiger partial charge in [0, 0.05) is 31.3 Å². The molecule has 0 spiro atoms. The Balaban J connectivity index is 1.57. The van der Waals surface area contributed by atoms with Crippen LogP contribution in [-0.4, -0.2) is 46.2 Å². The fourth-order valence-electron chi connectivity index (χ4n) is 4.28. The number of ether oxygens (including phenoxy) is 2. The third kappa shape index (κ3) is 4.37.